The van der Waals surface area contributed by atoms with Gasteiger partial charge in [0.15, 0.2) is 0 Å². The minimum absolute atomic E-state index is 0. The second-order valence-corrected chi connectivity index (χ2v) is 3.07. The molecule has 0 spiro atoms. The Morgan fingerprint density at radius 1 is 1.47 bits per heavy atom. The molecule has 0 heterocycles. The number of hydrogen-bond acceptors (Lipinski definition) is 4. The van der Waals surface area contributed by atoms with Gasteiger partial charge >= 0.3 is 0 Å². The van der Waals surface area contributed by atoms with Gasteiger partial charge in [-0.15, -0.1) is 12.4 Å². The monoisotopic (exact) mass is 227 g/mol. The second kappa shape index (κ2) is 6.25. The molecular weight excluding hydrogens is 214 g/mol. The molecule has 0 radical (unpaired) electrons. The first-order valence-corrected chi connectivity index (χ1v) is 4.37. The van der Waals surface area contributed by atoms with Crippen LogP contribution in [0.25, 0.3) is 0 Å². The molecule has 0 unspecified atom stereocenters. The predicted octanol–water partition coefficient (Wildman–Crippen LogP) is 1.03. The summed E-state index contributed by atoms with van der Waals surface area (Å²) in [4.78, 5) is 0. The molecule has 4 nitrogen and oxygen atoms in total. The van der Waals surface area contributed by atoms with Crippen molar-refractivity contribution in [1.82, 2.24) is 0 Å². The van der Waals surface area contributed by atoms with Crippen molar-refractivity contribution >= 4 is 12.4 Å². The molecule has 0 aliphatic rings. The van der Waals surface area contributed by atoms with Gasteiger partial charge in [0.1, 0.15) is 5.75 Å². The first kappa shape index (κ1) is 13.7. The number of nitriles is 1. The quantitative estimate of drug-likeness (QED) is 0.719. The molecule has 0 fully saturated rings. The Morgan fingerprint density at radius 3 is 2.67 bits per heavy atom. The summed E-state index contributed by atoms with van der Waals surface area (Å²) in [6.07, 6.45) is 0.586. The summed E-state index contributed by atoms with van der Waals surface area (Å²) in [6, 6.07) is 6.30. The second-order valence-electron chi connectivity index (χ2n) is 3.07. The van der Waals surface area contributed by atoms with Crippen LogP contribution in [-0.4, -0.2) is 11.7 Å². The van der Waals surface area contributed by atoms with Crippen LogP contribution in [0.15, 0.2) is 18.2 Å². The minimum Gasteiger partial charge on any atom is -0.508 e. The van der Waals surface area contributed by atoms with Crippen LogP contribution < -0.4 is 11.5 Å². The van der Waals surface area contributed by atoms with E-state index in [1.807, 2.05) is 6.07 Å². The number of halogens is 1. The Balaban J connectivity index is 0.00000196. The molecule has 82 valence electrons. The fraction of sp³-hybridized carbons (Fsp3) is 0.300. The molecular formula is C10H14ClN3O. The van der Waals surface area contributed by atoms with Crippen molar-refractivity contribution in [2.24, 2.45) is 11.5 Å². The van der Waals surface area contributed by atoms with Gasteiger partial charge in [0.05, 0.1) is 11.6 Å². The molecule has 0 aliphatic heterocycles. The first-order valence-electron chi connectivity index (χ1n) is 4.37. The molecule has 0 aromatic heterocycles. The van der Waals surface area contributed by atoms with Gasteiger partial charge in [-0.1, -0.05) is 0 Å². The highest BCUT2D eigenvalue weighted by atomic mass is 35.5. The highest BCUT2D eigenvalue weighted by Crippen LogP contribution is 2.25. The Kier molecular flexibility index (Phi) is 5.72. The van der Waals surface area contributed by atoms with E-state index in [2.05, 4.69) is 0 Å². The van der Waals surface area contributed by atoms with Crippen LogP contribution in [-0.2, 0) is 0 Å². The Labute approximate surface area is 94.9 Å². The van der Waals surface area contributed by atoms with Crippen molar-refractivity contribution in [1.29, 1.82) is 5.26 Å². The molecule has 0 saturated heterocycles. The van der Waals surface area contributed by atoms with Gasteiger partial charge in [-0.3, -0.25) is 0 Å². The van der Waals surface area contributed by atoms with Gasteiger partial charge in [-0.2, -0.15) is 5.26 Å². The molecule has 0 bridgehead atoms. The van der Waals surface area contributed by atoms with E-state index in [1.165, 1.54) is 6.07 Å². The molecule has 5 N–H and O–H groups in total. The normalized spacial score (nSPS) is 11.3. The summed E-state index contributed by atoms with van der Waals surface area (Å²) in [5, 5.41) is 18.2. The fourth-order valence-electron chi connectivity index (χ4n) is 1.26. The Morgan fingerprint density at radius 2 is 2.13 bits per heavy atom. The molecule has 0 aliphatic carbocycles. The first-order chi connectivity index (χ1) is 6.69. The van der Waals surface area contributed by atoms with Crippen molar-refractivity contribution in [2.45, 2.75) is 12.5 Å². The van der Waals surface area contributed by atoms with Gasteiger partial charge in [0, 0.05) is 11.6 Å². The summed E-state index contributed by atoms with van der Waals surface area (Å²) >= 11 is 0. The Bertz CT molecular complexity index is 362. The Hall–Kier alpha value is -1.28. The van der Waals surface area contributed by atoms with Crippen molar-refractivity contribution < 1.29 is 5.11 Å². The van der Waals surface area contributed by atoms with E-state index in [9.17, 15) is 5.11 Å². The molecule has 1 aromatic rings. The van der Waals surface area contributed by atoms with E-state index in [-0.39, 0.29) is 24.2 Å². The van der Waals surface area contributed by atoms with Crippen LogP contribution in [0, 0.1) is 11.3 Å². The van der Waals surface area contributed by atoms with Crippen LogP contribution in [0.1, 0.15) is 23.6 Å². The summed E-state index contributed by atoms with van der Waals surface area (Å²) in [7, 11) is 0. The highest BCUT2D eigenvalue weighted by molar-refractivity contribution is 5.85. The summed E-state index contributed by atoms with van der Waals surface area (Å²) in [6.45, 7) is 0.456. The number of hydrogen-bond donors (Lipinski definition) is 3. The number of benzene rings is 1. The zero-order valence-corrected chi connectivity index (χ0v) is 9.00. The standard InChI is InChI=1S/C10H13N3O.ClH/c11-4-3-9(13)8-5-7(6-12)1-2-10(8)14;/h1-2,5,9,14H,3-4,11,13H2;1H/t9-;/m0./s1. The lowest BCUT2D eigenvalue weighted by Crippen LogP contribution is -2.15. The van der Waals surface area contributed by atoms with E-state index in [4.69, 9.17) is 16.7 Å². The lowest BCUT2D eigenvalue weighted by molar-refractivity contribution is 0.459. The lowest BCUT2D eigenvalue weighted by Gasteiger charge is -2.12. The summed E-state index contributed by atoms with van der Waals surface area (Å²) in [5.41, 5.74) is 12.2. The van der Waals surface area contributed by atoms with E-state index in [0.717, 1.165) is 0 Å². The zero-order chi connectivity index (χ0) is 10.6. The highest BCUT2D eigenvalue weighted by Gasteiger charge is 2.10. The number of nitrogens with zero attached hydrogens (tertiary/aromatic N) is 1. The van der Waals surface area contributed by atoms with Gasteiger partial charge in [-0.25, -0.2) is 0 Å². The van der Waals surface area contributed by atoms with Crippen molar-refractivity contribution in [3.05, 3.63) is 29.3 Å². The van der Waals surface area contributed by atoms with E-state index in [0.29, 0.717) is 24.1 Å². The summed E-state index contributed by atoms with van der Waals surface area (Å²) in [5.74, 6) is 0.116. The SMILES string of the molecule is Cl.N#Cc1ccc(O)c([C@@H](N)CCN)c1. The van der Waals surface area contributed by atoms with Gasteiger partial charge in [0.25, 0.3) is 0 Å². The molecule has 5 heteroatoms. The average molecular weight is 228 g/mol. The number of phenolic OH excluding ortho intramolecular Hbond substituents is 1. The molecule has 15 heavy (non-hydrogen) atoms. The largest absolute Gasteiger partial charge is 0.508 e. The van der Waals surface area contributed by atoms with Gasteiger partial charge in [0.2, 0.25) is 0 Å². The topological polar surface area (TPSA) is 96.1 Å². The van der Waals surface area contributed by atoms with Gasteiger partial charge < -0.3 is 16.6 Å². The van der Waals surface area contributed by atoms with Gasteiger partial charge in [-0.05, 0) is 31.2 Å². The summed E-state index contributed by atoms with van der Waals surface area (Å²) < 4.78 is 0. The third kappa shape index (κ3) is 3.40. The number of nitrogens with two attached hydrogens (primary N) is 2. The fourth-order valence-corrected chi connectivity index (χ4v) is 1.26. The maximum atomic E-state index is 9.50. The maximum Gasteiger partial charge on any atom is 0.120 e. The predicted molar refractivity (Wildman–Crippen MR) is 60.7 cm³/mol. The number of phenols is 1. The van der Waals surface area contributed by atoms with Crippen molar-refractivity contribution in [3.63, 3.8) is 0 Å². The van der Waals surface area contributed by atoms with Crippen LogP contribution in [0.5, 0.6) is 5.75 Å². The third-order valence-electron chi connectivity index (χ3n) is 2.03. The van der Waals surface area contributed by atoms with Crippen molar-refractivity contribution in [3.8, 4) is 11.8 Å². The minimum atomic E-state index is -0.312. The molecule has 0 amide bonds. The molecule has 1 rings (SSSR count). The number of aromatic hydroxyl groups is 1. The third-order valence-corrected chi connectivity index (χ3v) is 2.03. The lowest BCUT2D eigenvalue weighted by atomic mass is 10.0. The molecule has 1 aromatic carbocycles. The smallest absolute Gasteiger partial charge is 0.120 e. The van der Waals surface area contributed by atoms with E-state index < -0.39 is 0 Å². The molecule has 0 saturated carbocycles. The average Bonchev–Trinajstić information content (AvgIpc) is 2.19. The van der Waals surface area contributed by atoms with Crippen LogP contribution >= 0.6 is 12.4 Å². The van der Waals surface area contributed by atoms with Crippen LogP contribution in [0.4, 0.5) is 0 Å². The number of rotatable bonds is 3. The van der Waals surface area contributed by atoms with E-state index >= 15 is 0 Å². The molecule has 1 atom stereocenters. The van der Waals surface area contributed by atoms with Crippen LogP contribution in [0.2, 0.25) is 0 Å². The van der Waals surface area contributed by atoms with Crippen molar-refractivity contribution in [2.75, 3.05) is 6.54 Å². The van der Waals surface area contributed by atoms with Crippen LogP contribution in [0.3, 0.4) is 0 Å². The van der Waals surface area contributed by atoms with E-state index in [1.54, 1.807) is 12.1 Å². The zero-order valence-electron chi connectivity index (χ0n) is 8.18. The maximum absolute atomic E-state index is 9.50.